The minimum Gasteiger partial charge on any atom is -0.497 e. The van der Waals surface area contributed by atoms with E-state index in [0.717, 1.165) is 10.9 Å². The van der Waals surface area contributed by atoms with E-state index in [-0.39, 0.29) is 23.6 Å². The van der Waals surface area contributed by atoms with Gasteiger partial charge in [-0.25, -0.2) is 18.4 Å². The van der Waals surface area contributed by atoms with Gasteiger partial charge >= 0.3 is 6.01 Å². The first-order chi connectivity index (χ1) is 12.0. The van der Waals surface area contributed by atoms with Crippen molar-refractivity contribution in [2.45, 2.75) is 23.8 Å². The molecule has 1 fully saturated rings. The third-order valence-corrected chi connectivity index (χ3v) is 6.16. The predicted octanol–water partition coefficient (Wildman–Crippen LogP) is 2.48. The van der Waals surface area contributed by atoms with Gasteiger partial charge in [0.2, 0.25) is 10.0 Å². The number of benzene rings is 1. The van der Waals surface area contributed by atoms with Crippen molar-refractivity contribution < 1.29 is 17.9 Å². The van der Waals surface area contributed by atoms with Gasteiger partial charge < -0.3 is 9.47 Å². The Hall–Kier alpha value is -1.71. The molecule has 1 aromatic carbocycles. The summed E-state index contributed by atoms with van der Waals surface area (Å²) in [4.78, 5) is 8.37. The minimum atomic E-state index is -3.60. The number of sulfonamides is 1. The van der Waals surface area contributed by atoms with Gasteiger partial charge in [0, 0.05) is 25.0 Å². The van der Waals surface area contributed by atoms with E-state index in [9.17, 15) is 8.42 Å². The summed E-state index contributed by atoms with van der Waals surface area (Å²) in [6.07, 6.45) is 4.37. The molecule has 2 heterocycles. The van der Waals surface area contributed by atoms with Gasteiger partial charge in [0.25, 0.3) is 0 Å². The number of hydrogen-bond donors (Lipinski definition) is 0. The van der Waals surface area contributed by atoms with E-state index in [4.69, 9.17) is 9.47 Å². The quantitative estimate of drug-likeness (QED) is 0.728. The molecule has 2 aromatic rings. The fourth-order valence-corrected chi connectivity index (χ4v) is 4.39. The topological polar surface area (TPSA) is 81.6 Å². The lowest BCUT2D eigenvalue weighted by Crippen LogP contribution is -2.44. The predicted molar refractivity (Wildman–Crippen MR) is 95.1 cm³/mol. The number of methoxy groups -OCH3 is 1. The molecular weight excluding hydrogens is 410 g/mol. The van der Waals surface area contributed by atoms with Gasteiger partial charge in [0.15, 0.2) is 0 Å². The third-order valence-electron chi connectivity index (χ3n) is 3.89. The SMILES string of the molecule is COc1cccc(S(=O)(=O)N2CCCC(Oc3ncc(Br)cn3)C2)c1. The maximum absolute atomic E-state index is 12.9. The van der Waals surface area contributed by atoms with Crippen molar-refractivity contribution in [1.82, 2.24) is 14.3 Å². The molecule has 1 unspecified atom stereocenters. The Kier molecular flexibility index (Phi) is 5.55. The van der Waals surface area contributed by atoms with Crippen LogP contribution in [0.3, 0.4) is 0 Å². The van der Waals surface area contributed by atoms with Gasteiger partial charge in [-0.3, -0.25) is 0 Å². The molecule has 0 N–H and O–H groups in total. The summed E-state index contributed by atoms with van der Waals surface area (Å²) >= 11 is 3.27. The van der Waals surface area contributed by atoms with Crippen LogP contribution in [0, 0.1) is 0 Å². The lowest BCUT2D eigenvalue weighted by molar-refractivity contribution is 0.119. The minimum absolute atomic E-state index is 0.215. The molecule has 1 aliphatic heterocycles. The van der Waals surface area contributed by atoms with Crippen molar-refractivity contribution in [3.05, 3.63) is 41.1 Å². The number of ether oxygens (including phenoxy) is 2. The normalized spacial score (nSPS) is 18.7. The second-order valence-electron chi connectivity index (χ2n) is 5.61. The molecule has 0 saturated carbocycles. The Morgan fingerprint density at radius 1 is 1.28 bits per heavy atom. The van der Waals surface area contributed by atoms with Crippen LogP contribution >= 0.6 is 15.9 Å². The Bertz CT molecular complexity index is 830. The monoisotopic (exact) mass is 427 g/mol. The van der Waals surface area contributed by atoms with E-state index in [0.29, 0.717) is 18.7 Å². The number of piperidine rings is 1. The van der Waals surface area contributed by atoms with Crippen LogP contribution in [0.2, 0.25) is 0 Å². The van der Waals surface area contributed by atoms with Gasteiger partial charge in [0.05, 0.1) is 23.0 Å². The maximum atomic E-state index is 12.9. The molecule has 9 heteroatoms. The average molecular weight is 428 g/mol. The van der Waals surface area contributed by atoms with E-state index in [2.05, 4.69) is 25.9 Å². The fourth-order valence-electron chi connectivity index (χ4n) is 2.64. The summed E-state index contributed by atoms with van der Waals surface area (Å²) in [5.74, 6) is 0.508. The third kappa shape index (κ3) is 4.28. The summed E-state index contributed by atoms with van der Waals surface area (Å²) in [5, 5.41) is 0. The van der Waals surface area contributed by atoms with Crippen LogP contribution in [-0.4, -0.2) is 49.0 Å². The molecule has 0 amide bonds. The van der Waals surface area contributed by atoms with E-state index in [1.807, 2.05) is 0 Å². The molecule has 3 rings (SSSR count). The first kappa shape index (κ1) is 18.1. The van der Waals surface area contributed by atoms with E-state index >= 15 is 0 Å². The van der Waals surface area contributed by atoms with Crippen LogP contribution in [-0.2, 0) is 10.0 Å². The number of hydrogen-bond acceptors (Lipinski definition) is 6. The molecule has 1 atom stereocenters. The number of halogens is 1. The van der Waals surface area contributed by atoms with Crippen LogP contribution in [0.4, 0.5) is 0 Å². The number of aromatic nitrogens is 2. The summed E-state index contributed by atoms with van der Waals surface area (Å²) in [7, 11) is -2.09. The van der Waals surface area contributed by atoms with E-state index < -0.39 is 10.0 Å². The lowest BCUT2D eigenvalue weighted by Gasteiger charge is -2.31. The van der Waals surface area contributed by atoms with Gasteiger partial charge in [-0.05, 0) is 40.9 Å². The first-order valence-electron chi connectivity index (χ1n) is 7.77. The summed E-state index contributed by atoms with van der Waals surface area (Å²) in [6.45, 7) is 0.722. The highest BCUT2D eigenvalue weighted by Crippen LogP contribution is 2.25. The van der Waals surface area contributed by atoms with Crippen molar-refractivity contribution >= 4 is 26.0 Å². The Morgan fingerprint density at radius 3 is 2.76 bits per heavy atom. The van der Waals surface area contributed by atoms with E-state index in [1.165, 1.54) is 17.5 Å². The molecule has 7 nitrogen and oxygen atoms in total. The van der Waals surface area contributed by atoms with Crippen LogP contribution < -0.4 is 9.47 Å². The Balaban J connectivity index is 1.74. The highest BCUT2D eigenvalue weighted by molar-refractivity contribution is 9.10. The summed E-state index contributed by atoms with van der Waals surface area (Å²) in [5.41, 5.74) is 0. The Morgan fingerprint density at radius 2 is 2.04 bits per heavy atom. The lowest BCUT2D eigenvalue weighted by atomic mass is 10.1. The maximum Gasteiger partial charge on any atom is 0.316 e. The second-order valence-corrected chi connectivity index (χ2v) is 8.46. The number of rotatable bonds is 5. The first-order valence-corrected chi connectivity index (χ1v) is 10.0. The molecule has 0 aliphatic carbocycles. The standard InChI is InChI=1S/C16H18BrN3O4S/c1-23-13-4-2-6-15(8-13)25(21,22)20-7-3-5-14(11-20)24-16-18-9-12(17)10-19-16/h2,4,6,8-10,14H,3,5,7,11H2,1H3. The van der Waals surface area contributed by atoms with Gasteiger partial charge in [-0.1, -0.05) is 6.07 Å². The van der Waals surface area contributed by atoms with Crippen molar-refractivity contribution in [1.29, 1.82) is 0 Å². The largest absolute Gasteiger partial charge is 0.497 e. The molecule has 0 spiro atoms. The van der Waals surface area contributed by atoms with Crippen molar-refractivity contribution in [3.8, 4) is 11.8 Å². The average Bonchev–Trinajstić information content (AvgIpc) is 2.64. The molecule has 0 bridgehead atoms. The second kappa shape index (κ2) is 7.67. The van der Waals surface area contributed by atoms with Crippen molar-refractivity contribution in [2.24, 2.45) is 0 Å². The number of nitrogens with zero attached hydrogens (tertiary/aromatic N) is 3. The van der Waals surface area contributed by atoms with Gasteiger partial charge in [-0.2, -0.15) is 4.31 Å². The summed E-state index contributed by atoms with van der Waals surface area (Å²) < 4.78 is 38.8. The molecule has 1 saturated heterocycles. The van der Waals surface area contributed by atoms with Crippen LogP contribution in [0.25, 0.3) is 0 Å². The summed E-state index contributed by atoms with van der Waals surface area (Å²) in [6, 6.07) is 6.72. The van der Waals surface area contributed by atoms with Gasteiger partial charge in [-0.15, -0.1) is 0 Å². The highest BCUT2D eigenvalue weighted by atomic mass is 79.9. The van der Waals surface area contributed by atoms with Crippen LogP contribution in [0.5, 0.6) is 11.8 Å². The molecule has 1 aliphatic rings. The zero-order valence-electron chi connectivity index (χ0n) is 13.6. The molecular formula is C16H18BrN3O4S. The fraction of sp³-hybridized carbons (Fsp3) is 0.375. The molecule has 134 valence electrons. The van der Waals surface area contributed by atoms with Gasteiger partial charge in [0.1, 0.15) is 11.9 Å². The highest BCUT2D eigenvalue weighted by Gasteiger charge is 2.31. The Labute approximate surface area is 155 Å². The molecule has 0 radical (unpaired) electrons. The smallest absolute Gasteiger partial charge is 0.316 e. The molecule has 1 aromatic heterocycles. The van der Waals surface area contributed by atoms with Crippen LogP contribution in [0.15, 0.2) is 46.0 Å². The molecule has 25 heavy (non-hydrogen) atoms. The zero-order valence-corrected chi connectivity index (χ0v) is 16.0. The van der Waals surface area contributed by atoms with Crippen LogP contribution in [0.1, 0.15) is 12.8 Å². The van der Waals surface area contributed by atoms with Crippen molar-refractivity contribution in [2.75, 3.05) is 20.2 Å². The van der Waals surface area contributed by atoms with Crippen molar-refractivity contribution in [3.63, 3.8) is 0 Å². The van der Waals surface area contributed by atoms with E-state index in [1.54, 1.807) is 30.6 Å². The zero-order chi connectivity index (χ0) is 17.9.